The zero-order valence-electron chi connectivity index (χ0n) is 19.6. The van der Waals surface area contributed by atoms with Crippen molar-refractivity contribution in [1.82, 2.24) is 0 Å². The molecule has 2 heterocycles. The lowest BCUT2D eigenvalue weighted by Gasteiger charge is -2.19. The van der Waals surface area contributed by atoms with Crippen LogP contribution in [0.1, 0.15) is 93.3 Å². The highest BCUT2D eigenvalue weighted by Crippen LogP contribution is 2.21. The molecule has 0 N–H and O–H groups in total. The van der Waals surface area contributed by atoms with Gasteiger partial charge in [0, 0.05) is 44.5 Å². The molecule has 2 nitrogen and oxygen atoms in total. The molecule has 0 radical (unpaired) electrons. The quantitative estimate of drug-likeness (QED) is 0.554. The van der Waals surface area contributed by atoms with Gasteiger partial charge in [0.1, 0.15) is 0 Å². The first-order chi connectivity index (χ1) is 12.1. The van der Waals surface area contributed by atoms with E-state index in [2.05, 4.69) is 134 Å². The molecule has 2 aromatic heterocycles. The Balaban J connectivity index is 0.000000271. The molecule has 0 unspecified atom stereocenters. The molecule has 2 aromatic rings. The molecule has 27 heavy (non-hydrogen) atoms. The third-order valence-corrected chi connectivity index (χ3v) is 4.75. The lowest BCUT2D eigenvalue weighted by molar-refractivity contribution is -0.754. The van der Waals surface area contributed by atoms with Crippen LogP contribution in [0.5, 0.6) is 0 Å². The summed E-state index contributed by atoms with van der Waals surface area (Å²) in [5, 5.41) is 0. The normalized spacial score (nSPS) is 12.6. The van der Waals surface area contributed by atoms with Crippen LogP contribution < -0.4 is 9.13 Å². The summed E-state index contributed by atoms with van der Waals surface area (Å²) in [5.41, 5.74) is 3.45. The van der Waals surface area contributed by atoms with Gasteiger partial charge in [-0.3, -0.25) is 0 Å². The van der Waals surface area contributed by atoms with Crippen LogP contribution in [0.15, 0.2) is 49.1 Å². The molecule has 0 amide bonds. The molecular formula is C25H42N2+2. The van der Waals surface area contributed by atoms with E-state index in [1.165, 1.54) is 11.1 Å². The summed E-state index contributed by atoms with van der Waals surface area (Å²) in [6.07, 6.45) is 8.70. The summed E-state index contributed by atoms with van der Waals surface area (Å²) >= 11 is 0. The molecule has 150 valence electrons. The molecular weight excluding hydrogens is 328 g/mol. The molecule has 0 aliphatic heterocycles. The minimum atomic E-state index is 0.177. The van der Waals surface area contributed by atoms with Gasteiger partial charge in [0.15, 0.2) is 36.4 Å². The van der Waals surface area contributed by atoms with Crippen LogP contribution in [0.25, 0.3) is 0 Å². The van der Waals surface area contributed by atoms with Gasteiger partial charge in [0.2, 0.25) is 0 Å². The van der Waals surface area contributed by atoms with Crippen LogP contribution >= 0.6 is 0 Å². The van der Waals surface area contributed by atoms with Gasteiger partial charge >= 0.3 is 0 Å². The van der Waals surface area contributed by atoms with Gasteiger partial charge in [0.05, 0.1) is 0 Å². The highest BCUT2D eigenvalue weighted by molar-refractivity contribution is 5.17. The molecule has 0 saturated carbocycles. The first kappa shape index (κ1) is 23.3. The third-order valence-electron chi connectivity index (χ3n) is 4.75. The maximum absolute atomic E-state index is 2.25. The van der Waals surface area contributed by atoms with E-state index in [-0.39, 0.29) is 16.4 Å². The highest BCUT2D eigenvalue weighted by Gasteiger charge is 2.22. The average molecular weight is 371 g/mol. The van der Waals surface area contributed by atoms with Crippen molar-refractivity contribution in [1.29, 1.82) is 0 Å². The van der Waals surface area contributed by atoms with Crippen LogP contribution in [-0.2, 0) is 16.4 Å². The summed E-state index contributed by atoms with van der Waals surface area (Å²) in [7, 11) is 0. The van der Waals surface area contributed by atoms with Crippen molar-refractivity contribution in [2.75, 3.05) is 0 Å². The molecule has 2 heteroatoms. The van der Waals surface area contributed by atoms with Crippen LogP contribution in [-0.4, -0.2) is 0 Å². The zero-order valence-corrected chi connectivity index (χ0v) is 19.6. The fourth-order valence-corrected chi connectivity index (χ4v) is 2.63. The minimum absolute atomic E-state index is 0.177. The SMILES string of the molecule is CC(C)(C)c1cc[n+](C(C)(C)C)cc1.CC(C)[n+]1cccc(C(C)(C)C)c1. The van der Waals surface area contributed by atoms with Gasteiger partial charge in [-0.1, -0.05) is 41.5 Å². The number of pyridine rings is 2. The lowest BCUT2D eigenvalue weighted by Crippen LogP contribution is -2.49. The molecule has 0 aliphatic carbocycles. The molecule has 2 rings (SSSR count). The zero-order chi connectivity index (χ0) is 21.0. The van der Waals surface area contributed by atoms with Gasteiger partial charge in [-0.15, -0.1) is 0 Å². The third kappa shape index (κ3) is 7.44. The van der Waals surface area contributed by atoms with Gasteiger partial charge < -0.3 is 0 Å². The predicted molar refractivity (Wildman–Crippen MR) is 116 cm³/mol. The summed E-state index contributed by atoms with van der Waals surface area (Å²) < 4.78 is 4.49. The van der Waals surface area contributed by atoms with Crippen molar-refractivity contribution in [3.63, 3.8) is 0 Å². The van der Waals surface area contributed by atoms with E-state index >= 15 is 0 Å². The van der Waals surface area contributed by atoms with Gasteiger partial charge in [-0.2, -0.15) is 0 Å². The standard InChI is InChI=1S/C13H22N.C12H20N/c1-12(2,3)11-7-9-14(10-8-11)13(4,5)6;1-10(2)13-8-6-7-11(9-13)12(3,4)5/h7-10H,1-6H3;6-10H,1-5H3/q2*+1. The van der Waals surface area contributed by atoms with Crippen molar-refractivity contribution in [2.45, 2.75) is 98.6 Å². The Morgan fingerprint density at radius 2 is 1.15 bits per heavy atom. The molecule has 0 spiro atoms. The topological polar surface area (TPSA) is 7.76 Å². The molecule has 0 aliphatic rings. The summed E-state index contributed by atoms with van der Waals surface area (Å²) in [6, 6.07) is 9.29. The Hall–Kier alpha value is -1.70. The number of hydrogen-bond acceptors (Lipinski definition) is 0. The second-order valence-corrected chi connectivity index (χ2v) is 10.8. The number of nitrogens with zero attached hydrogens (tertiary/aromatic N) is 2. The van der Waals surface area contributed by atoms with E-state index in [0.717, 1.165) is 0 Å². The number of rotatable bonds is 1. The van der Waals surface area contributed by atoms with Crippen LogP contribution in [0.3, 0.4) is 0 Å². The molecule has 0 saturated heterocycles. The average Bonchev–Trinajstić information content (AvgIpc) is 2.53. The Labute approximate surface area is 168 Å². The van der Waals surface area contributed by atoms with Gasteiger partial charge in [-0.25, -0.2) is 9.13 Å². The fraction of sp³-hybridized carbons (Fsp3) is 0.600. The van der Waals surface area contributed by atoms with Crippen LogP contribution in [0.2, 0.25) is 0 Å². The van der Waals surface area contributed by atoms with E-state index in [0.29, 0.717) is 6.04 Å². The van der Waals surface area contributed by atoms with Crippen molar-refractivity contribution in [3.8, 4) is 0 Å². The number of hydrogen-bond donors (Lipinski definition) is 0. The fourth-order valence-electron chi connectivity index (χ4n) is 2.63. The minimum Gasteiger partial charge on any atom is -0.203 e. The van der Waals surface area contributed by atoms with Crippen molar-refractivity contribution in [3.05, 3.63) is 60.2 Å². The summed E-state index contributed by atoms with van der Waals surface area (Å²) in [6.45, 7) is 24.5. The van der Waals surface area contributed by atoms with Crippen LogP contribution in [0.4, 0.5) is 0 Å². The van der Waals surface area contributed by atoms with Gasteiger partial charge in [0.25, 0.3) is 0 Å². The van der Waals surface area contributed by atoms with E-state index in [9.17, 15) is 0 Å². The van der Waals surface area contributed by atoms with Crippen LogP contribution in [0, 0.1) is 0 Å². The maximum atomic E-state index is 2.25. The smallest absolute Gasteiger partial charge is 0.172 e. The second kappa shape index (κ2) is 8.54. The lowest BCUT2D eigenvalue weighted by atomic mass is 9.88. The molecule has 0 atom stereocenters. The first-order valence-corrected chi connectivity index (χ1v) is 10.2. The maximum Gasteiger partial charge on any atom is 0.172 e. The molecule has 0 fully saturated rings. The van der Waals surface area contributed by atoms with E-state index in [4.69, 9.17) is 0 Å². The monoisotopic (exact) mass is 370 g/mol. The largest absolute Gasteiger partial charge is 0.203 e. The first-order valence-electron chi connectivity index (χ1n) is 10.2. The highest BCUT2D eigenvalue weighted by atomic mass is 15.0. The Kier molecular flexibility index (Phi) is 7.38. The Morgan fingerprint density at radius 1 is 0.667 bits per heavy atom. The Bertz CT molecular complexity index is 673. The van der Waals surface area contributed by atoms with Gasteiger partial charge in [-0.05, 0) is 36.3 Å². The van der Waals surface area contributed by atoms with Crippen molar-refractivity contribution < 1.29 is 9.13 Å². The molecule has 0 aromatic carbocycles. The van der Waals surface area contributed by atoms with E-state index in [1.807, 2.05) is 0 Å². The van der Waals surface area contributed by atoms with Crippen molar-refractivity contribution >= 4 is 0 Å². The predicted octanol–water partition coefficient (Wildman–Crippen LogP) is 5.88. The van der Waals surface area contributed by atoms with E-state index < -0.39 is 0 Å². The molecule has 0 bridgehead atoms. The Morgan fingerprint density at radius 3 is 1.52 bits per heavy atom. The summed E-state index contributed by atoms with van der Waals surface area (Å²) in [4.78, 5) is 0. The van der Waals surface area contributed by atoms with Crippen molar-refractivity contribution in [2.24, 2.45) is 0 Å². The summed E-state index contributed by atoms with van der Waals surface area (Å²) in [5.74, 6) is 0. The second-order valence-electron chi connectivity index (χ2n) is 10.8. The number of aromatic nitrogens is 2. The van der Waals surface area contributed by atoms with E-state index in [1.54, 1.807) is 0 Å².